The zero-order valence-corrected chi connectivity index (χ0v) is 21.0. The number of pyridine rings is 2. The lowest BCUT2D eigenvalue weighted by atomic mass is 10.1. The van der Waals surface area contributed by atoms with Crippen molar-refractivity contribution < 1.29 is 27.5 Å². The molecule has 1 aromatic carbocycles. The molecule has 5 rings (SSSR count). The molecule has 2 saturated heterocycles. The molecule has 0 saturated carbocycles. The third-order valence-electron chi connectivity index (χ3n) is 6.59. The molecule has 2 amide bonds. The highest BCUT2D eigenvalue weighted by Gasteiger charge is 2.45. The Morgan fingerprint density at radius 3 is 2.66 bits per heavy atom. The number of benzene rings is 1. The zero-order valence-electron chi connectivity index (χ0n) is 20.3. The van der Waals surface area contributed by atoms with Crippen LogP contribution in [0.25, 0.3) is 11.3 Å². The SMILES string of the molecule is CCOc1ncccc1-c1ccc(N2CCN3C(=O)N(c4ccc(Cl)cc4C(F)(F)F)C[C@H]3C2)c(C=O)n1. The van der Waals surface area contributed by atoms with E-state index >= 15 is 0 Å². The molecule has 0 aliphatic carbocycles. The molecular formula is C26H23ClF3N5O3. The summed E-state index contributed by atoms with van der Waals surface area (Å²) in [5.41, 5.74) is 0.776. The summed E-state index contributed by atoms with van der Waals surface area (Å²) in [5.74, 6) is 0.408. The minimum absolute atomic E-state index is 0.0615. The summed E-state index contributed by atoms with van der Waals surface area (Å²) in [6, 6.07) is 9.62. The van der Waals surface area contributed by atoms with Crippen LogP contribution in [-0.2, 0) is 6.18 Å². The highest BCUT2D eigenvalue weighted by Crippen LogP contribution is 2.40. The number of alkyl halides is 3. The third-order valence-corrected chi connectivity index (χ3v) is 6.83. The number of hydrogen-bond donors (Lipinski definition) is 0. The van der Waals surface area contributed by atoms with Gasteiger partial charge in [-0.2, -0.15) is 13.2 Å². The molecule has 2 aliphatic heterocycles. The van der Waals surface area contributed by atoms with Crippen molar-refractivity contribution in [3.05, 3.63) is 64.9 Å². The Balaban J connectivity index is 1.40. The molecule has 0 spiro atoms. The van der Waals surface area contributed by atoms with Crippen molar-refractivity contribution in [1.29, 1.82) is 0 Å². The first kappa shape index (κ1) is 25.8. The lowest BCUT2D eigenvalue weighted by Crippen LogP contribution is -2.52. The van der Waals surface area contributed by atoms with Gasteiger partial charge in [-0.25, -0.2) is 14.8 Å². The smallest absolute Gasteiger partial charge is 0.418 e. The van der Waals surface area contributed by atoms with Crippen LogP contribution in [0.3, 0.4) is 0 Å². The number of ether oxygens (including phenoxy) is 1. The summed E-state index contributed by atoms with van der Waals surface area (Å²) in [6.07, 6.45) is -2.40. The van der Waals surface area contributed by atoms with Gasteiger partial charge in [-0.15, -0.1) is 0 Å². The van der Waals surface area contributed by atoms with E-state index in [4.69, 9.17) is 16.3 Å². The van der Waals surface area contributed by atoms with Gasteiger partial charge in [0.25, 0.3) is 0 Å². The van der Waals surface area contributed by atoms with Gasteiger partial charge < -0.3 is 14.5 Å². The second-order valence-corrected chi connectivity index (χ2v) is 9.29. The van der Waals surface area contributed by atoms with E-state index in [1.54, 1.807) is 35.4 Å². The monoisotopic (exact) mass is 545 g/mol. The highest BCUT2D eigenvalue weighted by atomic mass is 35.5. The van der Waals surface area contributed by atoms with Crippen LogP contribution in [0.4, 0.5) is 29.3 Å². The Kier molecular flexibility index (Phi) is 6.87. The molecule has 0 bridgehead atoms. The highest BCUT2D eigenvalue weighted by molar-refractivity contribution is 6.30. The molecule has 0 radical (unpaired) electrons. The minimum atomic E-state index is -4.67. The van der Waals surface area contributed by atoms with E-state index in [2.05, 4.69) is 9.97 Å². The number of carbonyl (C=O) groups excluding carboxylic acids is 2. The van der Waals surface area contributed by atoms with Crippen molar-refractivity contribution in [3.63, 3.8) is 0 Å². The van der Waals surface area contributed by atoms with Crippen molar-refractivity contribution in [2.75, 3.05) is 42.6 Å². The number of fused-ring (bicyclic) bond motifs is 1. The summed E-state index contributed by atoms with van der Waals surface area (Å²) in [6.45, 7) is 3.33. The van der Waals surface area contributed by atoms with E-state index in [-0.39, 0.29) is 35.5 Å². The van der Waals surface area contributed by atoms with Gasteiger partial charge >= 0.3 is 12.2 Å². The van der Waals surface area contributed by atoms with E-state index in [1.807, 2.05) is 11.8 Å². The summed E-state index contributed by atoms with van der Waals surface area (Å²) >= 11 is 5.81. The van der Waals surface area contributed by atoms with Gasteiger partial charge in [0.15, 0.2) is 6.29 Å². The quantitative estimate of drug-likeness (QED) is 0.398. The summed E-state index contributed by atoms with van der Waals surface area (Å²) < 4.78 is 46.7. The van der Waals surface area contributed by atoms with Crippen LogP contribution in [-0.4, -0.2) is 66.0 Å². The minimum Gasteiger partial charge on any atom is -0.477 e. The van der Waals surface area contributed by atoms with E-state index in [9.17, 15) is 22.8 Å². The van der Waals surface area contributed by atoms with Crippen molar-refractivity contribution in [2.45, 2.75) is 19.1 Å². The standard InChI is InChI=1S/C26H23ClF3N5O3/c1-2-38-24-18(4-3-9-31-24)20-6-8-23(21(15-36)32-20)33-10-11-34-17(13-33)14-35(25(34)37)22-7-5-16(27)12-19(22)26(28,29)30/h3-9,12,15,17H,2,10-11,13-14H2,1H3/t17-/m1/s1. The summed E-state index contributed by atoms with van der Waals surface area (Å²) in [5, 5.41) is -0.0615. The average molecular weight is 546 g/mol. The van der Waals surface area contributed by atoms with Crippen LogP contribution in [0.5, 0.6) is 5.88 Å². The molecule has 8 nitrogen and oxygen atoms in total. The lowest BCUT2D eigenvalue weighted by Gasteiger charge is -2.38. The van der Waals surface area contributed by atoms with Crippen LogP contribution in [0.15, 0.2) is 48.7 Å². The number of aldehydes is 1. The fourth-order valence-corrected chi connectivity index (χ4v) is 5.08. The van der Waals surface area contributed by atoms with E-state index in [0.717, 1.165) is 11.0 Å². The second kappa shape index (κ2) is 10.1. The van der Waals surface area contributed by atoms with Gasteiger partial charge in [-0.1, -0.05) is 11.6 Å². The predicted octanol–water partition coefficient (Wildman–Crippen LogP) is 5.16. The first-order valence-corrected chi connectivity index (χ1v) is 12.3. The van der Waals surface area contributed by atoms with Gasteiger partial charge in [0.2, 0.25) is 5.88 Å². The number of rotatable bonds is 6. The maximum atomic E-state index is 13.7. The second-order valence-electron chi connectivity index (χ2n) is 8.85. The Labute approximate surface area is 221 Å². The normalized spacial score (nSPS) is 17.6. The average Bonchev–Trinajstić information content (AvgIpc) is 3.23. The number of urea groups is 1. The number of hydrogen-bond acceptors (Lipinski definition) is 6. The molecule has 3 aromatic rings. The van der Waals surface area contributed by atoms with Crippen LogP contribution < -0.4 is 14.5 Å². The van der Waals surface area contributed by atoms with E-state index in [1.165, 1.54) is 12.1 Å². The van der Waals surface area contributed by atoms with Gasteiger partial charge in [-0.3, -0.25) is 9.69 Å². The summed E-state index contributed by atoms with van der Waals surface area (Å²) in [4.78, 5) is 38.5. The number of amides is 2. The van der Waals surface area contributed by atoms with Crippen LogP contribution in [0.2, 0.25) is 5.02 Å². The van der Waals surface area contributed by atoms with E-state index < -0.39 is 17.8 Å². The van der Waals surface area contributed by atoms with Crippen molar-refractivity contribution >= 4 is 35.3 Å². The molecule has 12 heteroatoms. The van der Waals surface area contributed by atoms with Crippen molar-refractivity contribution in [1.82, 2.24) is 14.9 Å². The molecule has 0 unspecified atom stereocenters. The molecule has 38 heavy (non-hydrogen) atoms. The van der Waals surface area contributed by atoms with Gasteiger partial charge in [0, 0.05) is 37.4 Å². The molecule has 2 aromatic heterocycles. The number of aromatic nitrogens is 2. The first-order valence-electron chi connectivity index (χ1n) is 12.0. The predicted molar refractivity (Wildman–Crippen MR) is 136 cm³/mol. The van der Waals surface area contributed by atoms with Crippen LogP contribution >= 0.6 is 11.6 Å². The fourth-order valence-electron chi connectivity index (χ4n) is 4.91. The fraction of sp³-hybridized carbons (Fsp3) is 0.308. The Morgan fingerprint density at radius 1 is 1.13 bits per heavy atom. The Hall–Kier alpha value is -3.86. The summed E-state index contributed by atoms with van der Waals surface area (Å²) in [7, 11) is 0. The van der Waals surface area contributed by atoms with Crippen LogP contribution in [0.1, 0.15) is 23.0 Å². The first-order chi connectivity index (χ1) is 18.2. The zero-order chi connectivity index (χ0) is 27.0. The largest absolute Gasteiger partial charge is 0.477 e. The number of carbonyl (C=O) groups is 2. The molecule has 0 N–H and O–H groups in total. The molecule has 2 aliphatic rings. The van der Waals surface area contributed by atoms with Crippen molar-refractivity contribution in [2.24, 2.45) is 0 Å². The van der Waals surface area contributed by atoms with E-state index in [0.29, 0.717) is 48.8 Å². The third kappa shape index (κ3) is 4.73. The van der Waals surface area contributed by atoms with Crippen molar-refractivity contribution in [3.8, 4) is 17.1 Å². The molecule has 4 heterocycles. The molecule has 1 atom stereocenters. The maximum Gasteiger partial charge on any atom is 0.418 e. The topological polar surface area (TPSA) is 78.9 Å². The maximum absolute atomic E-state index is 13.7. The Morgan fingerprint density at radius 2 is 1.92 bits per heavy atom. The molecular weight excluding hydrogens is 523 g/mol. The number of piperazine rings is 1. The van der Waals surface area contributed by atoms with Gasteiger partial charge in [0.05, 0.1) is 40.8 Å². The number of halogens is 4. The number of anilines is 2. The molecule has 2 fully saturated rings. The lowest BCUT2D eigenvalue weighted by molar-refractivity contribution is -0.137. The van der Waals surface area contributed by atoms with Gasteiger partial charge in [-0.05, 0) is 49.4 Å². The molecule has 198 valence electrons. The number of nitrogens with zero attached hydrogens (tertiary/aromatic N) is 5. The van der Waals surface area contributed by atoms with Crippen LogP contribution in [0, 0.1) is 0 Å². The Bertz CT molecular complexity index is 1390. The van der Waals surface area contributed by atoms with Gasteiger partial charge in [0.1, 0.15) is 5.69 Å².